The number of fused-ring (bicyclic) bond motifs is 1. The van der Waals surface area contributed by atoms with Gasteiger partial charge < -0.3 is 9.64 Å². The zero-order valence-electron chi connectivity index (χ0n) is 21.5. The Balaban J connectivity index is 1.48. The summed E-state index contributed by atoms with van der Waals surface area (Å²) in [6.07, 6.45) is -3.04. The first-order chi connectivity index (χ1) is 18.5. The maximum Gasteiger partial charge on any atom is 0.406 e. The van der Waals surface area contributed by atoms with Gasteiger partial charge in [0, 0.05) is 28.1 Å². The summed E-state index contributed by atoms with van der Waals surface area (Å²) in [5.74, 6) is -0.900. The van der Waals surface area contributed by atoms with E-state index < -0.39 is 30.5 Å². The topological polar surface area (TPSA) is 73.1 Å². The molecule has 1 amide bonds. The molecule has 0 saturated heterocycles. The van der Waals surface area contributed by atoms with Gasteiger partial charge in [-0.25, -0.2) is 9.07 Å². The number of halogens is 4. The molecule has 0 bridgehead atoms. The summed E-state index contributed by atoms with van der Waals surface area (Å²) in [5.41, 5.74) is 4.57. The minimum Gasteiger partial charge on any atom is -0.496 e. The molecule has 0 N–H and O–H groups in total. The van der Waals surface area contributed by atoms with E-state index in [1.165, 1.54) is 29.1 Å². The molecule has 7 nitrogen and oxygen atoms in total. The quantitative estimate of drug-likeness (QED) is 0.298. The number of nitrogens with zero attached hydrogens (tertiary/aromatic N) is 5. The molecule has 4 aromatic rings. The van der Waals surface area contributed by atoms with Gasteiger partial charge >= 0.3 is 6.18 Å². The van der Waals surface area contributed by atoms with E-state index in [0.29, 0.717) is 21.9 Å². The first kappa shape index (κ1) is 26.3. The van der Waals surface area contributed by atoms with Gasteiger partial charge in [-0.2, -0.15) is 13.2 Å². The van der Waals surface area contributed by atoms with Crippen LogP contribution in [0.25, 0.3) is 22.4 Å². The Morgan fingerprint density at radius 2 is 1.79 bits per heavy atom. The van der Waals surface area contributed by atoms with Crippen molar-refractivity contribution >= 4 is 11.6 Å². The van der Waals surface area contributed by atoms with Crippen molar-refractivity contribution in [3.05, 3.63) is 77.5 Å². The maximum absolute atomic E-state index is 14.5. The first-order valence-electron chi connectivity index (χ1n) is 12.3. The minimum absolute atomic E-state index is 0.0624. The van der Waals surface area contributed by atoms with Gasteiger partial charge in [-0.15, -0.1) is 5.10 Å². The Labute approximate surface area is 222 Å². The van der Waals surface area contributed by atoms with E-state index in [0.717, 1.165) is 22.5 Å². The number of alkyl halides is 3. The van der Waals surface area contributed by atoms with Crippen LogP contribution < -0.4 is 9.64 Å². The highest BCUT2D eigenvalue weighted by Crippen LogP contribution is 2.37. The molecule has 11 heteroatoms. The number of carbonyl (C=O) groups excluding carboxylic acids is 1. The second kappa shape index (κ2) is 10.1. The smallest absolute Gasteiger partial charge is 0.406 e. The second-order valence-corrected chi connectivity index (χ2v) is 9.47. The normalized spacial score (nSPS) is 15.7. The van der Waals surface area contributed by atoms with Crippen LogP contribution in [0.5, 0.6) is 5.75 Å². The van der Waals surface area contributed by atoms with Gasteiger partial charge in [0.2, 0.25) is 0 Å². The molecule has 1 atom stereocenters. The molecular weight excluding hydrogens is 514 g/mol. The van der Waals surface area contributed by atoms with Gasteiger partial charge in [-0.05, 0) is 68.7 Å². The van der Waals surface area contributed by atoms with Crippen molar-refractivity contribution in [3.8, 4) is 28.1 Å². The van der Waals surface area contributed by atoms with Crippen molar-refractivity contribution in [3.63, 3.8) is 0 Å². The van der Waals surface area contributed by atoms with Gasteiger partial charge in [0.25, 0.3) is 5.91 Å². The molecular formula is C28H25F4N5O2. The minimum atomic E-state index is -4.67. The van der Waals surface area contributed by atoms with Crippen LogP contribution in [0.2, 0.25) is 0 Å². The van der Waals surface area contributed by atoms with Gasteiger partial charge in [0.1, 0.15) is 29.8 Å². The van der Waals surface area contributed by atoms with E-state index in [4.69, 9.17) is 4.74 Å². The van der Waals surface area contributed by atoms with Crippen LogP contribution in [0.3, 0.4) is 0 Å². The SMILES string of the molecule is COc1cc(-c2cn(C3CCc4c(F)cccc4N(CC(F)(F)F)C3=O)nn2)ccc1-c1cc(C)nc(C)c1. The first-order valence-corrected chi connectivity index (χ1v) is 12.3. The number of aryl methyl sites for hydroxylation is 2. The fourth-order valence-electron chi connectivity index (χ4n) is 4.98. The van der Waals surface area contributed by atoms with Crippen LogP contribution in [-0.4, -0.2) is 45.7 Å². The Morgan fingerprint density at radius 3 is 2.49 bits per heavy atom. The third kappa shape index (κ3) is 5.34. The van der Waals surface area contributed by atoms with E-state index in [-0.39, 0.29) is 24.1 Å². The molecule has 1 unspecified atom stereocenters. The number of pyridine rings is 1. The van der Waals surface area contributed by atoms with Gasteiger partial charge in [-0.3, -0.25) is 9.78 Å². The number of hydrogen-bond donors (Lipinski definition) is 0. The number of methoxy groups -OCH3 is 1. The molecule has 5 rings (SSSR count). The van der Waals surface area contributed by atoms with Crippen molar-refractivity contribution < 1.29 is 27.1 Å². The van der Waals surface area contributed by atoms with Crippen molar-refractivity contribution in [1.29, 1.82) is 0 Å². The fraction of sp³-hybridized carbons (Fsp3) is 0.286. The van der Waals surface area contributed by atoms with Crippen molar-refractivity contribution in [2.45, 2.75) is 38.9 Å². The Bertz CT molecular complexity index is 1530. The summed E-state index contributed by atoms with van der Waals surface area (Å²) in [6.45, 7) is 2.29. The Kier molecular flexibility index (Phi) is 6.83. The number of hydrogen-bond acceptors (Lipinski definition) is 5. The molecule has 0 spiro atoms. The van der Waals surface area contributed by atoms with Crippen LogP contribution >= 0.6 is 0 Å². The molecule has 0 radical (unpaired) electrons. The molecule has 1 aliphatic heterocycles. The number of ether oxygens (including phenoxy) is 1. The third-order valence-corrected chi connectivity index (χ3v) is 6.66. The van der Waals surface area contributed by atoms with Crippen LogP contribution in [0, 0.1) is 19.7 Å². The lowest BCUT2D eigenvalue weighted by molar-refractivity contribution is -0.134. The summed E-state index contributed by atoms with van der Waals surface area (Å²) in [5, 5.41) is 8.26. The van der Waals surface area contributed by atoms with Crippen LogP contribution in [-0.2, 0) is 11.2 Å². The van der Waals surface area contributed by atoms with Crippen LogP contribution in [0.15, 0.2) is 54.7 Å². The Morgan fingerprint density at radius 1 is 1.05 bits per heavy atom. The lowest BCUT2D eigenvalue weighted by Gasteiger charge is -2.26. The monoisotopic (exact) mass is 539 g/mol. The molecule has 0 fully saturated rings. The van der Waals surface area contributed by atoms with E-state index in [1.54, 1.807) is 13.2 Å². The molecule has 3 heterocycles. The molecule has 0 saturated carbocycles. The third-order valence-electron chi connectivity index (χ3n) is 6.66. The maximum atomic E-state index is 14.5. The summed E-state index contributed by atoms with van der Waals surface area (Å²) >= 11 is 0. The summed E-state index contributed by atoms with van der Waals surface area (Å²) in [4.78, 5) is 18.4. The molecule has 1 aliphatic rings. The highest BCUT2D eigenvalue weighted by Gasteiger charge is 2.40. The van der Waals surface area contributed by atoms with E-state index in [9.17, 15) is 22.4 Å². The standard InChI is InChI=1S/C28H25F4N5O2/c1-16-11-19(12-17(2)33-16)20-8-7-18(13-26(20)39-3)23-14-37(35-34-23)25-10-9-21-22(29)5-4-6-24(21)36(27(25)38)15-28(30,31)32/h4-8,11-14,25H,9-10,15H2,1-3H3. The lowest BCUT2D eigenvalue weighted by atomic mass is 10.0. The number of aromatic nitrogens is 4. The number of anilines is 1. The van der Waals surface area contributed by atoms with E-state index >= 15 is 0 Å². The summed E-state index contributed by atoms with van der Waals surface area (Å²) in [6, 6.07) is 12.1. The van der Waals surface area contributed by atoms with Crippen molar-refractivity contribution in [1.82, 2.24) is 20.0 Å². The van der Waals surface area contributed by atoms with Crippen molar-refractivity contribution in [2.24, 2.45) is 0 Å². The molecule has 0 aliphatic carbocycles. The highest BCUT2D eigenvalue weighted by molar-refractivity contribution is 5.97. The van der Waals surface area contributed by atoms with Crippen LogP contribution in [0.1, 0.15) is 29.4 Å². The average Bonchev–Trinajstić information content (AvgIpc) is 3.31. The molecule has 202 valence electrons. The van der Waals surface area contributed by atoms with Crippen LogP contribution in [0.4, 0.5) is 23.2 Å². The number of rotatable bonds is 5. The molecule has 39 heavy (non-hydrogen) atoms. The lowest BCUT2D eigenvalue weighted by Crippen LogP contribution is -2.42. The summed E-state index contributed by atoms with van der Waals surface area (Å²) < 4.78 is 61.7. The second-order valence-electron chi connectivity index (χ2n) is 9.47. The number of carbonyl (C=O) groups is 1. The predicted octanol–water partition coefficient (Wildman–Crippen LogP) is 5.85. The van der Waals surface area contributed by atoms with Crippen molar-refractivity contribution in [2.75, 3.05) is 18.6 Å². The Hall–Kier alpha value is -4.28. The molecule has 2 aromatic carbocycles. The predicted molar refractivity (Wildman–Crippen MR) is 137 cm³/mol. The zero-order chi connectivity index (χ0) is 27.9. The molecule has 2 aromatic heterocycles. The zero-order valence-corrected chi connectivity index (χ0v) is 21.5. The van der Waals surface area contributed by atoms with E-state index in [2.05, 4.69) is 15.3 Å². The fourth-order valence-corrected chi connectivity index (χ4v) is 4.98. The van der Waals surface area contributed by atoms with Gasteiger partial charge in [0.05, 0.1) is 19.0 Å². The largest absolute Gasteiger partial charge is 0.496 e. The number of benzene rings is 2. The summed E-state index contributed by atoms with van der Waals surface area (Å²) in [7, 11) is 1.55. The average molecular weight is 540 g/mol. The highest BCUT2D eigenvalue weighted by atomic mass is 19.4. The van der Waals surface area contributed by atoms with Gasteiger partial charge in [-0.1, -0.05) is 17.3 Å². The van der Waals surface area contributed by atoms with E-state index in [1.807, 2.05) is 38.1 Å². The number of amides is 1. The van der Waals surface area contributed by atoms with Gasteiger partial charge in [0.15, 0.2) is 0 Å².